The number of pyridine rings is 1. The minimum atomic E-state index is 0.733. The Morgan fingerprint density at radius 3 is 2.86 bits per heavy atom. The minimum absolute atomic E-state index is 0.733. The highest BCUT2D eigenvalue weighted by atomic mass is 15.2. The van der Waals surface area contributed by atoms with Crippen LogP contribution in [-0.4, -0.2) is 30.7 Å². The largest absolute Gasteiger partial charge is 0.368 e. The van der Waals surface area contributed by atoms with Crippen molar-refractivity contribution in [1.82, 2.24) is 10.3 Å². The second kappa shape index (κ2) is 2.95. The summed E-state index contributed by atoms with van der Waals surface area (Å²) in [4.78, 5) is 6.76. The van der Waals surface area contributed by atoms with Gasteiger partial charge in [0.2, 0.25) is 0 Å². The molecule has 1 aromatic rings. The normalized spacial score (nSPS) is 29.9. The maximum absolute atomic E-state index is 4.33. The number of anilines is 1. The van der Waals surface area contributed by atoms with Gasteiger partial charge in [0.05, 0.1) is 11.9 Å². The number of nitrogens with zero attached hydrogens (tertiary/aromatic N) is 2. The highest BCUT2D eigenvalue weighted by Crippen LogP contribution is 2.27. The van der Waals surface area contributed by atoms with Gasteiger partial charge in [0.1, 0.15) is 0 Å². The third-order valence-electron chi connectivity index (χ3n) is 3.34. The summed E-state index contributed by atoms with van der Waals surface area (Å²) in [6.07, 6.45) is 1.99. The molecule has 0 radical (unpaired) electrons. The number of aryl methyl sites for hydroxylation is 1. The van der Waals surface area contributed by atoms with Gasteiger partial charge in [-0.1, -0.05) is 0 Å². The standard InChI is InChI=1S/C11H15N3/c1-8-2-3-10(5-12-8)14-6-9-4-13-11(9)7-14/h2-3,5,9,11,13H,4,6-7H2,1H3/t9-,11+/m0/s1. The highest BCUT2D eigenvalue weighted by Gasteiger charge is 2.38. The Balaban J connectivity index is 1.79. The van der Waals surface area contributed by atoms with E-state index in [1.165, 1.54) is 18.8 Å². The first-order chi connectivity index (χ1) is 6.83. The van der Waals surface area contributed by atoms with E-state index < -0.39 is 0 Å². The van der Waals surface area contributed by atoms with Crippen molar-refractivity contribution in [3.63, 3.8) is 0 Å². The van der Waals surface area contributed by atoms with E-state index in [0.29, 0.717) is 0 Å². The number of aromatic nitrogens is 1. The number of rotatable bonds is 1. The number of fused-ring (bicyclic) bond motifs is 1. The van der Waals surface area contributed by atoms with Crippen molar-refractivity contribution in [1.29, 1.82) is 0 Å². The smallest absolute Gasteiger partial charge is 0.0553 e. The molecule has 3 heteroatoms. The maximum Gasteiger partial charge on any atom is 0.0553 e. The SMILES string of the molecule is Cc1ccc(N2C[C@@H]3CN[C@@H]3C2)cn1. The summed E-state index contributed by atoms with van der Waals surface area (Å²) < 4.78 is 0. The average Bonchev–Trinajstić information content (AvgIpc) is 2.45. The van der Waals surface area contributed by atoms with E-state index in [9.17, 15) is 0 Å². The van der Waals surface area contributed by atoms with Crippen LogP contribution in [-0.2, 0) is 0 Å². The third kappa shape index (κ3) is 1.20. The summed E-state index contributed by atoms with van der Waals surface area (Å²) in [6, 6.07) is 4.99. The molecule has 2 aliphatic heterocycles. The first-order valence-corrected chi connectivity index (χ1v) is 5.24. The summed E-state index contributed by atoms with van der Waals surface area (Å²) >= 11 is 0. The van der Waals surface area contributed by atoms with Gasteiger partial charge in [-0.3, -0.25) is 4.98 Å². The zero-order valence-electron chi connectivity index (χ0n) is 8.40. The molecule has 2 saturated heterocycles. The fourth-order valence-electron chi connectivity index (χ4n) is 2.31. The van der Waals surface area contributed by atoms with Gasteiger partial charge in [0.15, 0.2) is 0 Å². The monoisotopic (exact) mass is 189 g/mol. The van der Waals surface area contributed by atoms with Gasteiger partial charge in [-0.25, -0.2) is 0 Å². The van der Waals surface area contributed by atoms with Crippen LogP contribution in [0.4, 0.5) is 5.69 Å². The van der Waals surface area contributed by atoms with E-state index in [1.54, 1.807) is 0 Å². The summed E-state index contributed by atoms with van der Waals surface area (Å²) in [5.74, 6) is 0.872. The molecule has 0 saturated carbocycles. The molecule has 14 heavy (non-hydrogen) atoms. The third-order valence-corrected chi connectivity index (χ3v) is 3.34. The Bertz CT molecular complexity index is 321. The molecule has 2 fully saturated rings. The Kier molecular flexibility index (Phi) is 1.74. The number of hydrogen-bond acceptors (Lipinski definition) is 3. The molecule has 3 rings (SSSR count). The molecule has 0 amide bonds. The number of nitrogens with one attached hydrogen (secondary N) is 1. The molecule has 0 aliphatic carbocycles. The first kappa shape index (κ1) is 8.24. The minimum Gasteiger partial charge on any atom is -0.368 e. The van der Waals surface area contributed by atoms with Crippen molar-refractivity contribution in [2.45, 2.75) is 13.0 Å². The van der Waals surface area contributed by atoms with Crippen LogP contribution in [0.3, 0.4) is 0 Å². The van der Waals surface area contributed by atoms with Crippen LogP contribution in [0.15, 0.2) is 18.3 Å². The topological polar surface area (TPSA) is 28.2 Å². The van der Waals surface area contributed by atoms with Crippen molar-refractivity contribution < 1.29 is 0 Å². The van der Waals surface area contributed by atoms with Crippen LogP contribution >= 0.6 is 0 Å². The molecule has 3 nitrogen and oxygen atoms in total. The van der Waals surface area contributed by atoms with Crippen LogP contribution in [0.25, 0.3) is 0 Å². The lowest BCUT2D eigenvalue weighted by Crippen LogP contribution is -2.51. The lowest BCUT2D eigenvalue weighted by atomic mass is 9.96. The van der Waals surface area contributed by atoms with Crippen molar-refractivity contribution in [3.05, 3.63) is 24.0 Å². The molecule has 0 unspecified atom stereocenters. The molecule has 0 bridgehead atoms. The summed E-state index contributed by atoms with van der Waals surface area (Å²) in [5, 5.41) is 3.46. The van der Waals surface area contributed by atoms with E-state index in [2.05, 4.69) is 27.3 Å². The van der Waals surface area contributed by atoms with E-state index >= 15 is 0 Å². The van der Waals surface area contributed by atoms with Crippen LogP contribution < -0.4 is 10.2 Å². The van der Waals surface area contributed by atoms with Crippen molar-refractivity contribution in [2.24, 2.45) is 5.92 Å². The van der Waals surface area contributed by atoms with Crippen LogP contribution in [0.5, 0.6) is 0 Å². The number of hydrogen-bond donors (Lipinski definition) is 1. The van der Waals surface area contributed by atoms with Crippen LogP contribution in [0.2, 0.25) is 0 Å². The lowest BCUT2D eigenvalue weighted by molar-refractivity contribution is 0.297. The molecule has 3 heterocycles. The zero-order valence-corrected chi connectivity index (χ0v) is 8.40. The average molecular weight is 189 g/mol. The predicted molar refractivity (Wildman–Crippen MR) is 56.5 cm³/mol. The second-order valence-corrected chi connectivity index (χ2v) is 4.34. The molecule has 74 valence electrons. The molecule has 2 aliphatic rings. The summed E-state index contributed by atoms with van der Waals surface area (Å²) in [7, 11) is 0. The Morgan fingerprint density at radius 2 is 2.36 bits per heavy atom. The predicted octanol–water partition coefficient (Wildman–Crippen LogP) is 0.798. The van der Waals surface area contributed by atoms with Gasteiger partial charge in [0.25, 0.3) is 0 Å². The Morgan fingerprint density at radius 1 is 1.43 bits per heavy atom. The van der Waals surface area contributed by atoms with Gasteiger partial charge in [-0.05, 0) is 19.1 Å². The van der Waals surface area contributed by atoms with E-state index in [-0.39, 0.29) is 0 Å². The molecular weight excluding hydrogens is 174 g/mol. The molecular formula is C11H15N3. The van der Waals surface area contributed by atoms with Gasteiger partial charge in [0, 0.05) is 37.3 Å². The lowest BCUT2D eigenvalue weighted by Gasteiger charge is -2.29. The van der Waals surface area contributed by atoms with Crippen molar-refractivity contribution in [2.75, 3.05) is 24.5 Å². The second-order valence-electron chi connectivity index (χ2n) is 4.34. The fourth-order valence-corrected chi connectivity index (χ4v) is 2.31. The summed E-state index contributed by atoms with van der Waals surface area (Å²) in [6.45, 7) is 5.57. The highest BCUT2D eigenvalue weighted by molar-refractivity contribution is 5.46. The van der Waals surface area contributed by atoms with Crippen LogP contribution in [0.1, 0.15) is 5.69 Å². The maximum atomic E-state index is 4.33. The quantitative estimate of drug-likeness (QED) is 0.708. The van der Waals surface area contributed by atoms with E-state index in [1.807, 2.05) is 13.1 Å². The molecule has 1 N–H and O–H groups in total. The van der Waals surface area contributed by atoms with Gasteiger partial charge < -0.3 is 10.2 Å². The zero-order chi connectivity index (χ0) is 9.54. The van der Waals surface area contributed by atoms with Gasteiger partial charge >= 0.3 is 0 Å². The van der Waals surface area contributed by atoms with E-state index in [0.717, 1.165) is 24.2 Å². The van der Waals surface area contributed by atoms with Crippen molar-refractivity contribution >= 4 is 5.69 Å². The first-order valence-electron chi connectivity index (χ1n) is 5.24. The summed E-state index contributed by atoms with van der Waals surface area (Å²) in [5.41, 5.74) is 2.36. The van der Waals surface area contributed by atoms with Crippen molar-refractivity contribution in [3.8, 4) is 0 Å². The Labute approximate surface area is 84.1 Å². The molecule has 0 spiro atoms. The molecule has 0 aromatic carbocycles. The van der Waals surface area contributed by atoms with Gasteiger partial charge in [-0.15, -0.1) is 0 Å². The van der Waals surface area contributed by atoms with Gasteiger partial charge in [-0.2, -0.15) is 0 Å². The van der Waals surface area contributed by atoms with E-state index in [4.69, 9.17) is 0 Å². The van der Waals surface area contributed by atoms with Crippen LogP contribution in [0, 0.1) is 12.8 Å². The Hall–Kier alpha value is -1.09. The molecule has 2 atom stereocenters. The molecule has 1 aromatic heterocycles. The fraction of sp³-hybridized carbons (Fsp3) is 0.545.